The first kappa shape index (κ1) is 12.1. The lowest BCUT2D eigenvalue weighted by molar-refractivity contribution is 0.805. The predicted octanol–water partition coefficient (Wildman–Crippen LogP) is 3.12. The molecule has 3 rings (SSSR count). The molecule has 0 fully saturated rings. The zero-order valence-corrected chi connectivity index (χ0v) is 11.3. The van der Waals surface area contributed by atoms with E-state index in [0.29, 0.717) is 6.54 Å². The molecular formula is C15H15N3S. The Labute approximate surface area is 116 Å². The molecule has 0 aliphatic carbocycles. The van der Waals surface area contributed by atoms with E-state index in [9.17, 15) is 0 Å². The molecular weight excluding hydrogens is 254 g/mol. The zero-order valence-electron chi connectivity index (χ0n) is 10.5. The molecule has 2 heterocycles. The van der Waals surface area contributed by atoms with Gasteiger partial charge >= 0.3 is 0 Å². The Morgan fingerprint density at radius 3 is 2.58 bits per heavy atom. The van der Waals surface area contributed by atoms with E-state index in [0.717, 1.165) is 17.8 Å². The van der Waals surface area contributed by atoms with Crippen molar-refractivity contribution in [2.75, 3.05) is 0 Å². The third-order valence-electron chi connectivity index (χ3n) is 3.10. The molecule has 0 spiro atoms. The number of nitrogens with two attached hydrogens (primary N) is 1. The molecule has 19 heavy (non-hydrogen) atoms. The highest BCUT2D eigenvalue weighted by molar-refractivity contribution is 7.13. The van der Waals surface area contributed by atoms with Crippen molar-refractivity contribution in [3.63, 3.8) is 0 Å². The quantitative estimate of drug-likeness (QED) is 0.791. The maximum absolute atomic E-state index is 5.61. The maximum atomic E-state index is 5.61. The smallest absolute Gasteiger partial charge is 0.0954 e. The molecule has 0 saturated carbocycles. The summed E-state index contributed by atoms with van der Waals surface area (Å²) in [5.41, 5.74) is 9.19. The van der Waals surface area contributed by atoms with Crippen molar-refractivity contribution in [2.45, 2.75) is 13.1 Å². The Morgan fingerprint density at radius 2 is 1.89 bits per heavy atom. The van der Waals surface area contributed by atoms with Crippen LogP contribution in [0.5, 0.6) is 0 Å². The second kappa shape index (κ2) is 5.38. The number of imidazole rings is 1. The van der Waals surface area contributed by atoms with E-state index in [-0.39, 0.29) is 0 Å². The second-order valence-corrected chi connectivity index (χ2v) is 5.35. The number of hydrogen-bond acceptors (Lipinski definition) is 3. The van der Waals surface area contributed by atoms with E-state index >= 15 is 0 Å². The molecule has 2 N–H and O–H groups in total. The van der Waals surface area contributed by atoms with Gasteiger partial charge in [-0.05, 0) is 22.6 Å². The number of benzene rings is 1. The summed E-state index contributed by atoms with van der Waals surface area (Å²) in [5.74, 6) is 0. The topological polar surface area (TPSA) is 43.8 Å². The zero-order chi connectivity index (χ0) is 13.1. The van der Waals surface area contributed by atoms with Gasteiger partial charge in [-0.25, -0.2) is 4.98 Å². The van der Waals surface area contributed by atoms with Crippen LogP contribution in [0.4, 0.5) is 0 Å². The fraction of sp³-hybridized carbons (Fsp3) is 0.133. The largest absolute Gasteiger partial charge is 0.326 e. The van der Waals surface area contributed by atoms with Crippen LogP contribution in [-0.4, -0.2) is 9.55 Å². The van der Waals surface area contributed by atoms with Crippen LogP contribution in [0.25, 0.3) is 10.6 Å². The van der Waals surface area contributed by atoms with Gasteiger partial charge in [0, 0.05) is 13.1 Å². The molecule has 0 unspecified atom stereocenters. The van der Waals surface area contributed by atoms with Crippen LogP contribution < -0.4 is 5.73 Å². The van der Waals surface area contributed by atoms with Gasteiger partial charge in [-0.2, -0.15) is 0 Å². The average Bonchev–Trinajstić information content (AvgIpc) is 3.10. The Morgan fingerprint density at radius 1 is 1.11 bits per heavy atom. The van der Waals surface area contributed by atoms with Crippen LogP contribution in [0.1, 0.15) is 11.1 Å². The van der Waals surface area contributed by atoms with Gasteiger partial charge in [0.05, 0.1) is 23.1 Å². The standard InChI is InChI=1S/C15H15N3S/c16-8-12-3-5-13(6-4-12)10-18-11-17-9-14(18)15-2-1-7-19-15/h1-7,9,11H,8,10,16H2. The Bertz CT molecular complexity index is 638. The van der Waals surface area contributed by atoms with Crippen molar-refractivity contribution in [1.82, 2.24) is 9.55 Å². The molecule has 0 aliphatic rings. The van der Waals surface area contributed by atoms with E-state index in [2.05, 4.69) is 51.3 Å². The lowest BCUT2D eigenvalue weighted by Gasteiger charge is -2.07. The fourth-order valence-corrected chi connectivity index (χ4v) is 2.81. The molecule has 0 atom stereocenters. The second-order valence-electron chi connectivity index (χ2n) is 4.40. The summed E-state index contributed by atoms with van der Waals surface area (Å²) in [4.78, 5) is 5.50. The van der Waals surface area contributed by atoms with Crippen molar-refractivity contribution < 1.29 is 0 Å². The number of nitrogens with zero attached hydrogens (tertiary/aromatic N) is 2. The SMILES string of the molecule is NCc1ccc(Cn2cncc2-c2cccs2)cc1. The average molecular weight is 269 g/mol. The number of hydrogen-bond donors (Lipinski definition) is 1. The third-order valence-corrected chi connectivity index (χ3v) is 3.99. The van der Waals surface area contributed by atoms with E-state index in [1.807, 2.05) is 12.5 Å². The van der Waals surface area contributed by atoms with Crippen LogP contribution in [0.3, 0.4) is 0 Å². The fourth-order valence-electron chi connectivity index (χ4n) is 2.05. The molecule has 3 nitrogen and oxygen atoms in total. The number of rotatable bonds is 4. The van der Waals surface area contributed by atoms with Crippen LogP contribution in [-0.2, 0) is 13.1 Å². The molecule has 1 aromatic carbocycles. The molecule has 96 valence electrons. The number of aromatic nitrogens is 2. The summed E-state index contributed by atoms with van der Waals surface area (Å²) in [6.45, 7) is 1.42. The van der Waals surface area contributed by atoms with Crippen LogP contribution >= 0.6 is 11.3 Å². The molecule has 0 aliphatic heterocycles. The third kappa shape index (κ3) is 2.59. The van der Waals surface area contributed by atoms with Crippen LogP contribution in [0.15, 0.2) is 54.3 Å². The molecule has 4 heteroatoms. The molecule has 0 amide bonds. The van der Waals surface area contributed by atoms with Gasteiger partial charge in [-0.1, -0.05) is 30.3 Å². The van der Waals surface area contributed by atoms with Gasteiger partial charge in [-0.15, -0.1) is 11.3 Å². The van der Waals surface area contributed by atoms with Crippen molar-refractivity contribution in [3.8, 4) is 10.6 Å². The summed E-state index contributed by atoms with van der Waals surface area (Å²) >= 11 is 1.73. The van der Waals surface area contributed by atoms with Crippen LogP contribution in [0, 0.1) is 0 Å². The lowest BCUT2D eigenvalue weighted by Crippen LogP contribution is -2.01. The maximum Gasteiger partial charge on any atom is 0.0954 e. The summed E-state index contributed by atoms with van der Waals surface area (Å²) in [6.07, 6.45) is 3.80. The van der Waals surface area contributed by atoms with Crippen molar-refractivity contribution in [3.05, 3.63) is 65.4 Å². The van der Waals surface area contributed by atoms with E-state index in [4.69, 9.17) is 5.73 Å². The molecule has 2 aromatic heterocycles. The van der Waals surface area contributed by atoms with E-state index < -0.39 is 0 Å². The predicted molar refractivity (Wildman–Crippen MR) is 79.0 cm³/mol. The Balaban J connectivity index is 1.85. The first-order valence-electron chi connectivity index (χ1n) is 6.18. The van der Waals surface area contributed by atoms with Crippen molar-refractivity contribution >= 4 is 11.3 Å². The van der Waals surface area contributed by atoms with E-state index in [1.165, 1.54) is 10.4 Å². The van der Waals surface area contributed by atoms with E-state index in [1.54, 1.807) is 11.3 Å². The molecule has 0 saturated heterocycles. The summed E-state index contributed by atoms with van der Waals surface area (Å²) in [7, 11) is 0. The monoisotopic (exact) mass is 269 g/mol. The Kier molecular flexibility index (Phi) is 3.44. The first-order valence-corrected chi connectivity index (χ1v) is 7.06. The highest BCUT2D eigenvalue weighted by Gasteiger charge is 2.06. The minimum Gasteiger partial charge on any atom is -0.326 e. The van der Waals surface area contributed by atoms with Gasteiger partial charge in [-0.3, -0.25) is 0 Å². The minimum atomic E-state index is 0.589. The summed E-state index contributed by atoms with van der Waals surface area (Å²) in [5, 5.41) is 2.09. The molecule has 0 radical (unpaired) electrons. The van der Waals surface area contributed by atoms with Crippen molar-refractivity contribution in [2.24, 2.45) is 5.73 Å². The lowest BCUT2D eigenvalue weighted by atomic mass is 10.1. The van der Waals surface area contributed by atoms with Gasteiger partial charge in [0.25, 0.3) is 0 Å². The normalized spacial score (nSPS) is 10.8. The summed E-state index contributed by atoms with van der Waals surface area (Å²) < 4.78 is 2.17. The highest BCUT2D eigenvalue weighted by Crippen LogP contribution is 2.24. The van der Waals surface area contributed by atoms with Gasteiger partial charge in [0.15, 0.2) is 0 Å². The summed E-state index contributed by atoms with van der Waals surface area (Å²) in [6, 6.07) is 12.6. The van der Waals surface area contributed by atoms with Gasteiger partial charge in [0.2, 0.25) is 0 Å². The number of thiophene rings is 1. The van der Waals surface area contributed by atoms with Gasteiger partial charge < -0.3 is 10.3 Å². The molecule has 0 bridgehead atoms. The van der Waals surface area contributed by atoms with Gasteiger partial charge in [0.1, 0.15) is 0 Å². The minimum absolute atomic E-state index is 0.589. The highest BCUT2D eigenvalue weighted by atomic mass is 32.1. The Hall–Kier alpha value is -1.91. The van der Waals surface area contributed by atoms with Crippen LogP contribution in [0.2, 0.25) is 0 Å². The first-order chi connectivity index (χ1) is 9.36. The van der Waals surface area contributed by atoms with Crippen molar-refractivity contribution in [1.29, 1.82) is 0 Å². The molecule has 3 aromatic rings.